The van der Waals surface area contributed by atoms with Crippen LogP contribution < -0.4 is 5.32 Å². The maximum Gasteiger partial charge on any atom is 0.216 e. The monoisotopic (exact) mass is 228 g/mol. The lowest BCUT2D eigenvalue weighted by Gasteiger charge is -2.00. The van der Waals surface area contributed by atoms with E-state index in [-0.39, 0.29) is 5.91 Å². The molecule has 1 N–H and O–H groups in total. The van der Waals surface area contributed by atoms with E-state index in [1.54, 1.807) is 0 Å². The molecule has 0 fully saturated rings. The van der Waals surface area contributed by atoms with E-state index in [1.165, 1.54) is 6.92 Å². The molecule has 1 rings (SSSR count). The number of benzene rings is 1. The summed E-state index contributed by atoms with van der Waals surface area (Å²) >= 11 is 0. The van der Waals surface area contributed by atoms with Gasteiger partial charge in [-0.2, -0.15) is 5.26 Å². The minimum absolute atomic E-state index is 0.0216. The van der Waals surface area contributed by atoms with Crippen molar-refractivity contribution in [2.75, 3.05) is 6.54 Å². The van der Waals surface area contributed by atoms with Gasteiger partial charge in [0.15, 0.2) is 0 Å². The normalized spacial score (nSPS) is 10.2. The second-order valence-electron chi connectivity index (χ2n) is 3.88. The van der Waals surface area contributed by atoms with Crippen LogP contribution >= 0.6 is 0 Å². The first kappa shape index (κ1) is 13.0. The first-order valence-corrected chi connectivity index (χ1v) is 5.55. The fourth-order valence-corrected chi connectivity index (χ4v) is 1.46. The summed E-state index contributed by atoms with van der Waals surface area (Å²) in [6, 6.07) is 7.89. The van der Waals surface area contributed by atoms with Crippen LogP contribution in [0, 0.1) is 18.3 Å². The van der Waals surface area contributed by atoms with E-state index in [2.05, 4.69) is 11.4 Å². The third-order valence-electron chi connectivity index (χ3n) is 2.31. The van der Waals surface area contributed by atoms with Crippen molar-refractivity contribution < 1.29 is 4.79 Å². The van der Waals surface area contributed by atoms with Gasteiger partial charge in [0.2, 0.25) is 5.91 Å². The lowest BCUT2D eigenvalue weighted by atomic mass is 10.0. The molecule has 0 aliphatic carbocycles. The molecule has 0 aliphatic rings. The molecule has 1 aromatic carbocycles. The topological polar surface area (TPSA) is 52.9 Å². The summed E-state index contributed by atoms with van der Waals surface area (Å²) in [5.74, 6) is -0.0216. The third kappa shape index (κ3) is 4.52. The Kier molecular flexibility index (Phi) is 4.96. The van der Waals surface area contributed by atoms with Gasteiger partial charge < -0.3 is 5.32 Å². The molecule has 0 saturated carbocycles. The van der Waals surface area contributed by atoms with Crippen LogP contribution in [-0.2, 0) is 4.79 Å². The quantitative estimate of drug-likeness (QED) is 0.804. The van der Waals surface area contributed by atoms with Crippen LogP contribution in [0.25, 0.3) is 6.08 Å². The third-order valence-corrected chi connectivity index (χ3v) is 2.31. The number of nitriles is 1. The van der Waals surface area contributed by atoms with Gasteiger partial charge in [-0.05, 0) is 25.0 Å². The maximum absolute atomic E-state index is 10.6. The number of carbonyl (C=O) groups is 1. The average molecular weight is 228 g/mol. The molecular formula is C14H16N2O. The van der Waals surface area contributed by atoms with Crippen molar-refractivity contribution >= 4 is 12.0 Å². The number of aryl methyl sites for hydroxylation is 1. The number of hydrogen-bond acceptors (Lipinski definition) is 2. The Morgan fingerprint density at radius 2 is 2.29 bits per heavy atom. The predicted octanol–water partition coefficient (Wildman–Crippen LogP) is 2.41. The zero-order valence-corrected chi connectivity index (χ0v) is 10.2. The number of rotatable bonds is 4. The smallest absolute Gasteiger partial charge is 0.216 e. The molecule has 0 spiro atoms. The van der Waals surface area contributed by atoms with E-state index in [1.807, 2.05) is 37.3 Å². The summed E-state index contributed by atoms with van der Waals surface area (Å²) < 4.78 is 0. The van der Waals surface area contributed by atoms with E-state index in [9.17, 15) is 4.79 Å². The van der Waals surface area contributed by atoms with Gasteiger partial charge in [0.05, 0.1) is 11.6 Å². The molecule has 0 heterocycles. The molecule has 0 aliphatic heterocycles. The lowest BCUT2D eigenvalue weighted by Crippen LogP contribution is -2.20. The molecule has 0 saturated heterocycles. The minimum atomic E-state index is -0.0216. The van der Waals surface area contributed by atoms with Crippen LogP contribution in [0.4, 0.5) is 0 Å². The van der Waals surface area contributed by atoms with E-state index in [0.717, 1.165) is 17.5 Å². The molecule has 17 heavy (non-hydrogen) atoms. The number of amides is 1. The molecule has 0 atom stereocenters. The molecule has 1 amide bonds. The van der Waals surface area contributed by atoms with Crippen molar-refractivity contribution in [1.82, 2.24) is 5.32 Å². The zero-order chi connectivity index (χ0) is 12.7. The van der Waals surface area contributed by atoms with Crippen molar-refractivity contribution in [1.29, 1.82) is 5.26 Å². The van der Waals surface area contributed by atoms with Crippen LogP contribution in [0.1, 0.15) is 30.0 Å². The van der Waals surface area contributed by atoms with Crippen molar-refractivity contribution in [3.05, 3.63) is 41.0 Å². The molecule has 1 aromatic rings. The Balaban J connectivity index is 2.61. The Labute approximate surface area is 102 Å². The Bertz CT molecular complexity index is 470. The minimum Gasteiger partial charge on any atom is -0.356 e. The second-order valence-corrected chi connectivity index (χ2v) is 3.88. The van der Waals surface area contributed by atoms with Crippen LogP contribution in [-0.4, -0.2) is 12.5 Å². The maximum atomic E-state index is 10.6. The highest BCUT2D eigenvalue weighted by Crippen LogP contribution is 2.12. The summed E-state index contributed by atoms with van der Waals surface area (Å²) in [7, 11) is 0. The second kappa shape index (κ2) is 6.49. The summed E-state index contributed by atoms with van der Waals surface area (Å²) in [6.45, 7) is 4.12. The van der Waals surface area contributed by atoms with Crippen molar-refractivity contribution in [3.8, 4) is 6.07 Å². The number of hydrogen-bond donors (Lipinski definition) is 1. The first-order valence-electron chi connectivity index (χ1n) is 5.55. The van der Waals surface area contributed by atoms with Crippen LogP contribution in [0.5, 0.6) is 0 Å². The van der Waals surface area contributed by atoms with Crippen molar-refractivity contribution in [2.45, 2.75) is 20.3 Å². The Morgan fingerprint density at radius 3 is 2.94 bits per heavy atom. The van der Waals surface area contributed by atoms with Gasteiger partial charge in [-0.1, -0.05) is 29.8 Å². The highest BCUT2D eigenvalue weighted by Gasteiger charge is 1.97. The summed E-state index contributed by atoms with van der Waals surface area (Å²) in [5.41, 5.74) is 2.73. The summed E-state index contributed by atoms with van der Waals surface area (Å²) in [4.78, 5) is 10.6. The van der Waals surface area contributed by atoms with Gasteiger partial charge in [-0.15, -0.1) is 0 Å². The first-order chi connectivity index (χ1) is 8.13. The number of carbonyl (C=O) groups excluding carboxylic acids is 1. The molecule has 0 bridgehead atoms. The van der Waals surface area contributed by atoms with E-state index >= 15 is 0 Å². The van der Waals surface area contributed by atoms with Gasteiger partial charge in [0.25, 0.3) is 0 Å². The molecule has 3 heteroatoms. The van der Waals surface area contributed by atoms with E-state index < -0.39 is 0 Å². The predicted molar refractivity (Wildman–Crippen MR) is 68.2 cm³/mol. The highest BCUT2D eigenvalue weighted by molar-refractivity contribution is 5.72. The Hall–Kier alpha value is -2.08. The lowest BCUT2D eigenvalue weighted by molar-refractivity contribution is -0.118. The molecule has 0 unspecified atom stereocenters. The van der Waals surface area contributed by atoms with E-state index in [0.29, 0.717) is 12.1 Å². The fraction of sp³-hybridized carbons (Fsp3) is 0.286. The number of nitrogens with one attached hydrogen (secondary N) is 1. The van der Waals surface area contributed by atoms with Crippen LogP contribution in [0.15, 0.2) is 24.3 Å². The summed E-state index contributed by atoms with van der Waals surface area (Å²) in [6.07, 6.45) is 4.65. The van der Waals surface area contributed by atoms with Crippen molar-refractivity contribution in [2.24, 2.45) is 0 Å². The standard InChI is InChI=1S/C14H16N2O/c1-11-6-7-14(10-15)13(9-11)5-3-4-8-16-12(2)17/h3,5-7,9H,4,8H2,1-2H3,(H,16,17). The van der Waals surface area contributed by atoms with Gasteiger partial charge in [-0.25, -0.2) is 0 Å². The molecule has 88 valence electrons. The highest BCUT2D eigenvalue weighted by atomic mass is 16.1. The zero-order valence-electron chi connectivity index (χ0n) is 10.2. The number of nitrogens with zero attached hydrogens (tertiary/aromatic N) is 1. The van der Waals surface area contributed by atoms with Crippen LogP contribution in [0.3, 0.4) is 0 Å². The van der Waals surface area contributed by atoms with Crippen LogP contribution in [0.2, 0.25) is 0 Å². The largest absolute Gasteiger partial charge is 0.356 e. The van der Waals surface area contributed by atoms with Gasteiger partial charge >= 0.3 is 0 Å². The SMILES string of the molecule is CC(=O)NCCC=Cc1cc(C)ccc1C#N. The fourth-order valence-electron chi connectivity index (χ4n) is 1.46. The average Bonchev–Trinajstić information content (AvgIpc) is 2.28. The molecule has 3 nitrogen and oxygen atoms in total. The van der Waals surface area contributed by atoms with Gasteiger partial charge in [-0.3, -0.25) is 4.79 Å². The summed E-state index contributed by atoms with van der Waals surface area (Å²) in [5, 5.41) is 11.7. The van der Waals surface area contributed by atoms with Gasteiger partial charge in [0, 0.05) is 13.5 Å². The van der Waals surface area contributed by atoms with E-state index in [4.69, 9.17) is 5.26 Å². The molecule has 0 aromatic heterocycles. The van der Waals surface area contributed by atoms with Crippen molar-refractivity contribution in [3.63, 3.8) is 0 Å². The Morgan fingerprint density at radius 1 is 1.53 bits per heavy atom. The molecule has 0 radical (unpaired) electrons. The van der Waals surface area contributed by atoms with Gasteiger partial charge in [0.1, 0.15) is 0 Å². The molecular weight excluding hydrogens is 212 g/mol.